The van der Waals surface area contributed by atoms with Crippen molar-refractivity contribution in [2.24, 2.45) is 39.5 Å². The van der Waals surface area contributed by atoms with E-state index in [1.807, 2.05) is 0 Å². The maximum Gasteiger partial charge on any atom is 0.270 e. The number of phenolic OH excluding ortho intramolecular Hbond substituents is 1. The molecule has 0 unspecified atom stereocenters. The normalized spacial score (nSPS) is 42.5. The van der Waals surface area contributed by atoms with Crippen molar-refractivity contribution < 1.29 is 15.1 Å². The molecule has 1 aromatic carbocycles. The third kappa shape index (κ3) is 3.51. The van der Waals surface area contributed by atoms with Crippen LogP contribution in [-0.2, 0) is 0 Å². The smallest absolute Gasteiger partial charge is 0.270 e. The van der Waals surface area contributed by atoms with Crippen molar-refractivity contribution in [2.45, 2.75) is 83.7 Å². The fourth-order valence-corrected chi connectivity index (χ4v) is 8.72. The number of aliphatic imine (C=N–C) groups is 1. The van der Waals surface area contributed by atoms with Gasteiger partial charge < -0.3 is 10.2 Å². The lowest BCUT2D eigenvalue weighted by atomic mass is 9.44. The zero-order valence-electron chi connectivity index (χ0n) is 20.0. The van der Waals surface area contributed by atoms with Crippen molar-refractivity contribution >= 4 is 11.9 Å². The maximum atomic E-state index is 11.8. The van der Waals surface area contributed by atoms with Crippen LogP contribution in [0.5, 0.6) is 5.75 Å². The first-order valence-electron chi connectivity index (χ1n) is 12.9. The highest BCUT2D eigenvalue weighted by molar-refractivity contribution is 5.84. The highest BCUT2D eigenvalue weighted by Gasteiger charge is 2.64. The van der Waals surface area contributed by atoms with Gasteiger partial charge in [-0.2, -0.15) is 0 Å². The Balaban J connectivity index is 1.34. The van der Waals surface area contributed by atoms with Gasteiger partial charge in [0.2, 0.25) is 0 Å². The molecule has 0 aliphatic heterocycles. The van der Waals surface area contributed by atoms with Gasteiger partial charge in [-0.15, -0.1) is 0 Å². The second-order valence-corrected chi connectivity index (χ2v) is 11.9. The molecule has 4 aliphatic rings. The van der Waals surface area contributed by atoms with Gasteiger partial charge in [-0.25, -0.2) is 0 Å². The topological polar surface area (TPSA) is 96.0 Å². The zero-order chi connectivity index (χ0) is 23.4. The SMILES string of the molecule is C[C@]12CCCC[C@H]1CC[C@@H]1[C@@H]2CC[C@@]2(C)[C@H]1CC[C@@]2(O)CN=Cc1cc([N+](=O)[O-])ccc1O. The Morgan fingerprint density at radius 2 is 1.88 bits per heavy atom. The van der Waals surface area contributed by atoms with E-state index in [0.29, 0.717) is 22.8 Å². The van der Waals surface area contributed by atoms with Crippen LogP contribution in [0.1, 0.15) is 83.6 Å². The molecule has 4 fully saturated rings. The number of aromatic hydroxyl groups is 1. The van der Waals surface area contributed by atoms with E-state index in [9.17, 15) is 20.3 Å². The fraction of sp³-hybridized carbons (Fsp3) is 0.741. The molecule has 0 radical (unpaired) electrons. The summed E-state index contributed by atoms with van der Waals surface area (Å²) in [7, 11) is 0. The number of benzene rings is 1. The minimum Gasteiger partial charge on any atom is -0.507 e. The van der Waals surface area contributed by atoms with Gasteiger partial charge in [0, 0.05) is 29.3 Å². The molecule has 180 valence electrons. The van der Waals surface area contributed by atoms with Crippen LogP contribution in [0.2, 0.25) is 0 Å². The number of hydrogen-bond donors (Lipinski definition) is 2. The Bertz CT molecular complexity index is 963. The second kappa shape index (κ2) is 8.07. The van der Waals surface area contributed by atoms with Gasteiger partial charge >= 0.3 is 0 Å². The summed E-state index contributed by atoms with van der Waals surface area (Å²) < 4.78 is 0. The lowest BCUT2D eigenvalue weighted by molar-refractivity contribution is -0.384. The summed E-state index contributed by atoms with van der Waals surface area (Å²) >= 11 is 0. The number of fused-ring (bicyclic) bond motifs is 5. The molecule has 6 heteroatoms. The van der Waals surface area contributed by atoms with Crippen LogP contribution < -0.4 is 0 Å². The number of nitro benzene ring substituents is 1. The van der Waals surface area contributed by atoms with Gasteiger partial charge in [0.15, 0.2) is 0 Å². The monoisotopic (exact) mass is 454 g/mol. The number of phenols is 1. The maximum absolute atomic E-state index is 11.8. The van der Waals surface area contributed by atoms with Gasteiger partial charge in [-0.3, -0.25) is 15.1 Å². The number of nitrogens with zero attached hydrogens (tertiary/aromatic N) is 2. The summed E-state index contributed by atoms with van der Waals surface area (Å²) in [5, 5.41) is 33.0. The van der Waals surface area contributed by atoms with E-state index in [2.05, 4.69) is 18.8 Å². The van der Waals surface area contributed by atoms with Gasteiger partial charge in [0.25, 0.3) is 5.69 Å². The van der Waals surface area contributed by atoms with Crippen molar-refractivity contribution in [3.05, 3.63) is 33.9 Å². The number of rotatable bonds is 4. The first-order chi connectivity index (χ1) is 15.7. The molecule has 7 atom stereocenters. The second-order valence-electron chi connectivity index (χ2n) is 11.9. The zero-order valence-corrected chi connectivity index (χ0v) is 20.0. The lowest BCUT2D eigenvalue weighted by Gasteiger charge is -2.61. The molecule has 4 saturated carbocycles. The summed E-state index contributed by atoms with van der Waals surface area (Å²) in [6.07, 6.45) is 13.8. The molecule has 4 aliphatic carbocycles. The number of nitro groups is 1. The predicted molar refractivity (Wildman–Crippen MR) is 129 cm³/mol. The van der Waals surface area contributed by atoms with E-state index in [1.54, 1.807) is 0 Å². The average Bonchev–Trinajstić information content (AvgIpc) is 3.05. The summed E-state index contributed by atoms with van der Waals surface area (Å²) in [5.74, 6) is 2.90. The van der Waals surface area contributed by atoms with Crippen molar-refractivity contribution in [3.8, 4) is 5.75 Å². The van der Waals surface area contributed by atoms with E-state index in [4.69, 9.17) is 0 Å². The summed E-state index contributed by atoms with van der Waals surface area (Å²) in [6.45, 7) is 5.14. The van der Waals surface area contributed by atoms with Gasteiger partial charge in [-0.1, -0.05) is 26.7 Å². The molecule has 0 heterocycles. The molecule has 0 amide bonds. The summed E-state index contributed by atoms with van der Waals surface area (Å²) in [4.78, 5) is 15.1. The van der Waals surface area contributed by atoms with Crippen molar-refractivity contribution in [3.63, 3.8) is 0 Å². The third-order valence-corrected chi connectivity index (χ3v) is 10.7. The van der Waals surface area contributed by atoms with Crippen LogP contribution in [0.15, 0.2) is 23.2 Å². The van der Waals surface area contributed by atoms with Crippen LogP contribution in [0, 0.1) is 44.6 Å². The molecule has 0 saturated heterocycles. The molecule has 0 aromatic heterocycles. The van der Waals surface area contributed by atoms with Crippen LogP contribution in [0.3, 0.4) is 0 Å². The molecular formula is C27H38N2O4. The van der Waals surface area contributed by atoms with Crippen molar-refractivity contribution in [1.29, 1.82) is 0 Å². The van der Waals surface area contributed by atoms with Crippen molar-refractivity contribution in [2.75, 3.05) is 6.54 Å². The summed E-state index contributed by atoms with van der Waals surface area (Å²) in [6, 6.07) is 3.93. The van der Waals surface area contributed by atoms with Gasteiger partial charge in [0.1, 0.15) is 5.75 Å². The Morgan fingerprint density at radius 1 is 1.09 bits per heavy atom. The highest BCUT2D eigenvalue weighted by Crippen LogP contribution is 2.68. The van der Waals surface area contributed by atoms with Crippen LogP contribution in [0.25, 0.3) is 0 Å². The van der Waals surface area contributed by atoms with Crippen LogP contribution in [0.4, 0.5) is 5.69 Å². The average molecular weight is 455 g/mol. The van der Waals surface area contributed by atoms with Crippen LogP contribution in [-0.4, -0.2) is 33.5 Å². The largest absolute Gasteiger partial charge is 0.507 e. The van der Waals surface area contributed by atoms with Crippen LogP contribution >= 0.6 is 0 Å². The molecule has 5 rings (SSSR count). The predicted octanol–water partition coefficient (Wildman–Crippen LogP) is 5.88. The standard InChI is InChI=1S/C27H38N2O4/c1-25-12-4-3-5-19(25)6-8-21-22(25)10-13-26(2)23(21)11-14-27(26,31)17-28-16-18-15-20(29(32)33)7-9-24(18)30/h7,9,15-16,19,21-23,30-31H,3-6,8,10-14,17H2,1-2H3/t19-,21+,22-,23-,25-,26-,27+/m0/s1. The van der Waals surface area contributed by atoms with E-state index in [1.165, 1.54) is 69.4 Å². The van der Waals surface area contributed by atoms with E-state index in [0.717, 1.165) is 31.1 Å². The quantitative estimate of drug-likeness (QED) is 0.337. The number of hydrogen-bond acceptors (Lipinski definition) is 5. The minimum absolute atomic E-state index is 0.0372. The molecule has 6 nitrogen and oxygen atoms in total. The Labute approximate surface area is 196 Å². The van der Waals surface area contributed by atoms with Gasteiger partial charge in [0.05, 0.1) is 17.1 Å². The molecule has 33 heavy (non-hydrogen) atoms. The molecular weight excluding hydrogens is 416 g/mol. The Hall–Kier alpha value is -1.95. The Kier molecular flexibility index (Phi) is 5.58. The van der Waals surface area contributed by atoms with Gasteiger partial charge in [-0.05, 0) is 86.5 Å². The first-order valence-corrected chi connectivity index (χ1v) is 12.9. The van der Waals surface area contributed by atoms with E-state index >= 15 is 0 Å². The minimum atomic E-state index is -0.861. The third-order valence-electron chi connectivity index (χ3n) is 10.7. The molecule has 0 bridgehead atoms. The van der Waals surface area contributed by atoms with E-state index in [-0.39, 0.29) is 23.4 Å². The highest BCUT2D eigenvalue weighted by atomic mass is 16.6. The first kappa shape index (κ1) is 22.8. The molecule has 0 spiro atoms. The Morgan fingerprint density at radius 3 is 2.67 bits per heavy atom. The number of non-ortho nitro benzene ring substituents is 1. The molecule has 1 aromatic rings. The number of aliphatic hydroxyl groups is 1. The van der Waals surface area contributed by atoms with Crippen molar-refractivity contribution in [1.82, 2.24) is 0 Å². The lowest BCUT2D eigenvalue weighted by Crippen LogP contribution is -2.56. The fourth-order valence-electron chi connectivity index (χ4n) is 8.72. The summed E-state index contributed by atoms with van der Waals surface area (Å²) in [5.41, 5.74) is -0.278. The molecule has 2 N–H and O–H groups in total. The van der Waals surface area contributed by atoms with E-state index < -0.39 is 10.5 Å².